The maximum atomic E-state index is 5.37. The van der Waals surface area contributed by atoms with Gasteiger partial charge in [-0.25, -0.2) is 9.97 Å². The molecule has 0 bridgehead atoms. The number of rotatable bonds is 5. The number of aromatic amines is 1. The van der Waals surface area contributed by atoms with Crippen LogP contribution in [0.3, 0.4) is 0 Å². The molecule has 0 radical (unpaired) electrons. The minimum atomic E-state index is 0.425. The van der Waals surface area contributed by atoms with E-state index in [2.05, 4.69) is 56.7 Å². The topological polar surface area (TPSA) is 82.9 Å². The molecule has 1 aromatic carbocycles. The highest BCUT2D eigenvalue weighted by atomic mass is 16.5. The minimum absolute atomic E-state index is 0.425. The van der Waals surface area contributed by atoms with Crippen LogP contribution in [-0.4, -0.2) is 50.2 Å². The molecule has 1 aliphatic carbocycles. The highest BCUT2D eigenvalue weighted by Gasteiger charge is 2.33. The average molecular weight is 457 g/mol. The SMILES string of the molecule is Cc1cnc(N[C@H]2CCC[C@@H]2N2CCCC2)nc1-c1c[nH]c2cc(-c3c(C)noc3C)ccc12. The highest BCUT2D eigenvalue weighted by molar-refractivity contribution is 5.97. The fourth-order valence-corrected chi connectivity index (χ4v) is 5.94. The van der Waals surface area contributed by atoms with Gasteiger partial charge in [0.2, 0.25) is 5.95 Å². The van der Waals surface area contributed by atoms with E-state index in [4.69, 9.17) is 9.51 Å². The summed E-state index contributed by atoms with van der Waals surface area (Å²) in [7, 11) is 0. The monoisotopic (exact) mass is 456 g/mol. The first-order chi connectivity index (χ1) is 16.6. The number of nitrogens with zero attached hydrogens (tertiary/aromatic N) is 4. The number of aromatic nitrogens is 4. The van der Waals surface area contributed by atoms with Gasteiger partial charge in [-0.05, 0) is 83.2 Å². The Morgan fingerprint density at radius 2 is 1.94 bits per heavy atom. The number of anilines is 1. The van der Waals surface area contributed by atoms with E-state index in [0.717, 1.165) is 56.3 Å². The fourth-order valence-electron chi connectivity index (χ4n) is 5.94. The Balaban J connectivity index is 1.31. The molecule has 7 nitrogen and oxygen atoms in total. The Labute approximate surface area is 200 Å². The number of fused-ring (bicyclic) bond motifs is 1. The van der Waals surface area contributed by atoms with Crippen molar-refractivity contribution in [3.05, 3.63) is 47.6 Å². The third kappa shape index (κ3) is 3.68. The van der Waals surface area contributed by atoms with Crippen molar-refractivity contribution in [3.63, 3.8) is 0 Å². The quantitative estimate of drug-likeness (QED) is 0.405. The Bertz CT molecular complexity index is 1310. The molecule has 2 aliphatic rings. The van der Waals surface area contributed by atoms with Crippen LogP contribution < -0.4 is 5.32 Å². The first-order valence-electron chi connectivity index (χ1n) is 12.5. The molecule has 0 unspecified atom stereocenters. The molecule has 0 amide bonds. The summed E-state index contributed by atoms with van der Waals surface area (Å²) in [6.45, 7) is 8.48. The van der Waals surface area contributed by atoms with E-state index < -0.39 is 0 Å². The fraction of sp³-hybridized carbons (Fsp3) is 0.444. The lowest BCUT2D eigenvalue weighted by molar-refractivity contribution is 0.235. The predicted molar refractivity (Wildman–Crippen MR) is 135 cm³/mol. The zero-order valence-corrected chi connectivity index (χ0v) is 20.2. The zero-order valence-electron chi connectivity index (χ0n) is 20.2. The molecule has 34 heavy (non-hydrogen) atoms. The van der Waals surface area contributed by atoms with Gasteiger partial charge in [0, 0.05) is 46.5 Å². The van der Waals surface area contributed by atoms with Crippen LogP contribution in [-0.2, 0) is 0 Å². The van der Waals surface area contributed by atoms with Gasteiger partial charge in [0.1, 0.15) is 5.76 Å². The zero-order chi connectivity index (χ0) is 23.2. The van der Waals surface area contributed by atoms with Gasteiger partial charge in [-0.3, -0.25) is 4.90 Å². The molecule has 6 rings (SSSR count). The number of hydrogen-bond acceptors (Lipinski definition) is 6. The Morgan fingerprint density at radius 1 is 1.09 bits per heavy atom. The van der Waals surface area contributed by atoms with Gasteiger partial charge in [0.15, 0.2) is 0 Å². The summed E-state index contributed by atoms with van der Waals surface area (Å²) in [6.07, 6.45) is 10.4. The number of aryl methyl sites for hydroxylation is 3. The number of nitrogens with one attached hydrogen (secondary N) is 2. The van der Waals surface area contributed by atoms with Crippen molar-refractivity contribution in [3.8, 4) is 22.4 Å². The number of likely N-dealkylation sites (tertiary alicyclic amines) is 1. The molecule has 2 fully saturated rings. The molecule has 0 spiro atoms. The van der Waals surface area contributed by atoms with Crippen molar-refractivity contribution < 1.29 is 4.52 Å². The van der Waals surface area contributed by atoms with Crippen LogP contribution in [0.2, 0.25) is 0 Å². The van der Waals surface area contributed by atoms with Crippen LogP contribution in [0.5, 0.6) is 0 Å². The molecule has 4 aromatic rings. The van der Waals surface area contributed by atoms with Crippen molar-refractivity contribution in [2.45, 2.75) is 65.0 Å². The van der Waals surface area contributed by atoms with Gasteiger partial charge in [-0.1, -0.05) is 17.3 Å². The summed E-state index contributed by atoms with van der Waals surface area (Å²) >= 11 is 0. The molecular weight excluding hydrogens is 424 g/mol. The summed E-state index contributed by atoms with van der Waals surface area (Å²) in [6, 6.07) is 7.50. The molecule has 3 aromatic heterocycles. The predicted octanol–water partition coefficient (Wildman–Crippen LogP) is 5.63. The number of H-pyrrole nitrogens is 1. The maximum absolute atomic E-state index is 5.37. The van der Waals surface area contributed by atoms with Gasteiger partial charge in [-0.15, -0.1) is 0 Å². The molecular formula is C27H32N6O. The number of hydrogen-bond donors (Lipinski definition) is 2. The summed E-state index contributed by atoms with van der Waals surface area (Å²) in [4.78, 5) is 15.8. The smallest absolute Gasteiger partial charge is 0.223 e. The summed E-state index contributed by atoms with van der Waals surface area (Å²) in [5.41, 5.74) is 7.30. The van der Waals surface area contributed by atoms with Crippen molar-refractivity contribution in [1.29, 1.82) is 0 Å². The van der Waals surface area contributed by atoms with Gasteiger partial charge in [0.25, 0.3) is 0 Å². The first-order valence-corrected chi connectivity index (χ1v) is 12.5. The van der Waals surface area contributed by atoms with Gasteiger partial charge >= 0.3 is 0 Å². The summed E-state index contributed by atoms with van der Waals surface area (Å²) in [5.74, 6) is 1.57. The van der Waals surface area contributed by atoms with Gasteiger partial charge < -0.3 is 14.8 Å². The summed E-state index contributed by atoms with van der Waals surface area (Å²) in [5, 5.41) is 8.95. The summed E-state index contributed by atoms with van der Waals surface area (Å²) < 4.78 is 5.37. The average Bonchev–Trinajstić information content (AvgIpc) is 3.62. The van der Waals surface area contributed by atoms with Crippen molar-refractivity contribution >= 4 is 16.9 Å². The molecule has 7 heteroatoms. The lowest BCUT2D eigenvalue weighted by Gasteiger charge is -2.29. The third-order valence-electron chi connectivity index (χ3n) is 7.63. The highest BCUT2D eigenvalue weighted by Crippen LogP contribution is 2.35. The third-order valence-corrected chi connectivity index (χ3v) is 7.63. The van der Waals surface area contributed by atoms with Crippen LogP contribution >= 0.6 is 0 Å². The largest absolute Gasteiger partial charge is 0.361 e. The normalized spacial score (nSPS) is 21.0. The van der Waals surface area contributed by atoms with Crippen molar-refractivity contribution in [2.75, 3.05) is 18.4 Å². The second kappa shape index (κ2) is 8.55. The molecule has 4 heterocycles. The van der Waals surface area contributed by atoms with Crippen LogP contribution in [0.1, 0.15) is 49.1 Å². The van der Waals surface area contributed by atoms with E-state index in [1.165, 1.54) is 45.2 Å². The second-order valence-electron chi connectivity index (χ2n) is 9.88. The second-order valence-corrected chi connectivity index (χ2v) is 9.88. The van der Waals surface area contributed by atoms with Gasteiger partial charge in [-0.2, -0.15) is 0 Å². The van der Waals surface area contributed by atoms with E-state index in [1.54, 1.807) is 0 Å². The Morgan fingerprint density at radius 3 is 2.74 bits per heavy atom. The van der Waals surface area contributed by atoms with E-state index in [1.807, 2.05) is 20.0 Å². The van der Waals surface area contributed by atoms with Gasteiger partial charge in [0.05, 0.1) is 11.4 Å². The van der Waals surface area contributed by atoms with Crippen LogP contribution in [0.25, 0.3) is 33.3 Å². The molecule has 2 N–H and O–H groups in total. The standard InChI is InChI=1S/C27H32N6O/c1-16-14-29-27(30-22-7-6-8-24(22)33-11-4-5-12-33)31-26(16)21-15-28-23-13-19(9-10-20(21)23)25-17(2)32-34-18(25)3/h9-10,13-15,22,24,28H,4-8,11-12H2,1-3H3,(H,29,30,31)/t22-,24-/m0/s1. The number of benzene rings is 1. The van der Waals surface area contributed by atoms with Crippen molar-refractivity contribution in [2.24, 2.45) is 0 Å². The molecule has 1 aliphatic heterocycles. The van der Waals surface area contributed by atoms with E-state index in [0.29, 0.717) is 12.1 Å². The Hall–Kier alpha value is -3.19. The van der Waals surface area contributed by atoms with E-state index >= 15 is 0 Å². The molecule has 176 valence electrons. The van der Waals surface area contributed by atoms with E-state index in [9.17, 15) is 0 Å². The molecule has 1 saturated heterocycles. The lowest BCUT2D eigenvalue weighted by atomic mass is 10.0. The van der Waals surface area contributed by atoms with Crippen LogP contribution in [0.15, 0.2) is 35.1 Å². The molecule has 2 atom stereocenters. The van der Waals surface area contributed by atoms with E-state index in [-0.39, 0.29) is 0 Å². The minimum Gasteiger partial charge on any atom is -0.361 e. The lowest BCUT2D eigenvalue weighted by Crippen LogP contribution is -2.42. The van der Waals surface area contributed by atoms with Crippen LogP contribution in [0, 0.1) is 20.8 Å². The first kappa shape index (κ1) is 21.4. The molecule has 1 saturated carbocycles. The van der Waals surface area contributed by atoms with Crippen LogP contribution in [0.4, 0.5) is 5.95 Å². The van der Waals surface area contributed by atoms with Crippen molar-refractivity contribution in [1.82, 2.24) is 25.0 Å². The maximum Gasteiger partial charge on any atom is 0.223 e. The Kier molecular flexibility index (Phi) is 5.37.